The molecule has 1 rings (SSSR count). The Morgan fingerprint density at radius 1 is 1.42 bits per heavy atom. The Labute approximate surface area is 116 Å². The lowest BCUT2D eigenvalue weighted by atomic mass is 9.96. The van der Waals surface area contributed by atoms with Crippen LogP contribution in [0.4, 0.5) is 0 Å². The van der Waals surface area contributed by atoms with Crippen LogP contribution >= 0.6 is 0 Å². The minimum absolute atomic E-state index is 0.152. The number of hydrogen-bond acceptors (Lipinski definition) is 4. The van der Waals surface area contributed by atoms with E-state index < -0.39 is 0 Å². The molecule has 1 atom stereocenters. The number of nitrogens with zero attached hydrogens (tertiary/aromatic N) is 2. The summed E-state index contributed by atoms with van der Waals surface area (Å²) in [7, 11) is 5.39. The van der Waals surface area contributed by atoms with E-state index in [1.165, 1.54) is 0 Å². The average Bonchev–Trinajstić information content (AvgIpc) is 2.79. The van der Waals surface area contributed by atoms with Gasteiger partial charge in [-0.15, -0.1) is 0 Å². The molecule has 0 amide bonds. The molecule has 1 aromatic rings. The molecule has 110 valence electrons. The fraction of sp³-hybridized carbons (Fsp3) is 0.786. The van der Waals surface area contributed by atoms with Crippen molar-refractivity contribution in [1.82, 2.24) is 15.1 Å². The smallest absolute Gasteiger partial charge is 0.161 e. The lowest BCUT2D eigenvalue weighted by molar-refractivity contribution is 0.00657. The van der Waals surface area contributed by atoms with Crippen LogP contribution in [0.3, 0.4) is 0 Å². The highest BCUT2D eigenvalue weighted by molar-refractivity contribution is 5.28. The maximum absolute atomic E-state index is 5.53. The van der Waals surface area contributed by atoms with Crippen molar-refractivity contribution < 1.29 is 9.47 Å². The Morgan fingerprint density at radius 3 is 2.58 bits per heavy atom. The van der Waals surface area contributed by atoms with Crippen molar-refractivity contribution in [1.29, 1.82) is 0 Å². The summed E-state index contributed by atoms with van der Waals surface area (Å²) in [6.07, 6.45) is 3.68. The molecule has 0 saturated carbocycles. The summed E-state index contributed by atoms with van der Waals surface area (Å²) in [5.74, 6) is 0.833. The largest absolute Gasteiger partial charge is 0.493 e. The average molecular weight is 269 g/mol. The summed E-state index contributed by atoms with van der Waals surface area (Å²) in [5, 5.41) is 7.76. The van der Waals surface area contributed by atoms with Crippen LogP contribution < -0.4 is 10.1 Å². The van der Waals surface area contributed by atoms with Crippen LogP contribution in [0.2, 0.25) is 0 Å². The van der Waals surface area contributed by atoms with E-state index in [2.05, 4.69) is 31.2 Å². The lowest BCUT2D eigenvalue weighted by Crippen LogP contribution is -2.32. The van der Waals surface area contributed by atoms with E-state index >= 15 is 0 Å². The van der Waals surface area contributed by atoms with Gasteiger partial charge in [0.25, 0.3) is 0 Å². The van der Waals surface area contributed by atoms with E-state index in [-0.39, 0.29) is 11.6 Å². The van der Waals surface area contributed by atoms with E-state index in [9.17, 15) is 0 Å². The van der Waals surface area contributed by atoms with Gasteiger partial charge in [0.15, 0.2) is 5.75 Å². The highest BCUT2D eigenvalue weighted by Crippen LogP contribution is 2.31. The maximum atomic E-state index is 5.53. The van der Waals surface area contributed by atoms with Crippen LogP contribution in [0.5, 0.6) is 5.75 Å². The van der Waals surface area contributed by atoms with Gasteiger partial charge in [-0.1, -0.05) is 6.92 Å². The van der Waals surface area contributed by atoms with E-state index in [0.29, 0.717) is 0 Å². The first-order valence-electron chi connectivity index (χ1n) is 6.81. The number of aryl methyl sites for hydroxylation is 1. The molecular weight excluding hydrogens is 242 g/mol. The quantitative estimate of drug-likeness (QED) is 0.787. The van der Waals surface area contributed by atoms with Gasteiger partial charge in [0.1, 0.15) is 0 Å². The molecule has 1 N–H and O–H groups in total. The van der Waals surface area contributed by atoms with Crippen LogP contribution in [-0.4, -0.2) is 36.6 Å². The molecule has 0 radical (unpaired) electrons. The predicted octanol–water partition coefficient (Wildman–Crippen LogP) is 2.38. The topological polar surface area (TPSA) is 48.3 Å². The molecule has 0 aliphatic heterocycles. The summed E-state index contributed by atoms with van der Waals surface area (Å²) in [6.45, 7) is 7.21. The Kier molecular flexibility index (Phi) is 5.82. The molecule has 0 spiro atoms. The van der Waals surface area contributed by atoms with Crippen LogP contribution in [0, 0.1) is 0 Å². The second-order valence-electron chi connectivity index (χ2n) is 5.33. The highest BCUT2D eigenvalue weighted by Gasteiger charge is 2.27. The maximum Gasteiger partial charge on any atom is 0.161 e. The molecule has 19 heavy (non-hydrogen) atoms. The van der Waals surface area contributed by atoms with Crippen LogP contribution in [0.15, 0.2) is 6.20 Å². The number of hydrogen-bond donors (Lipinski definition) is 1. The Balaban J connectivity index is 3.05. The highest BCUT2D eigenvalue weighted by atomic mass is 16.5. The van der Waals surface area contributed by atoms with Crippen molar-refractivity contribution in [3.05, 3.63) is 11.9 Å². The normalized spacial score (nSPS) is 13.6. The van der Waals surface area contributed by atoms with Crippen LogP contribution in [-0.2, 0) is 11.3 Å². The molecule has 0 aliphatic carbocycles. The minimum Gasteiger partial charge on any atom is -0.493 e. The molecule has 5 heteroatoms. The number of methoxy groups -OCH3 is 2. The second kappa shape index (κ2) is 6.91. The molecule has 1 heterocycles. The van der Waals surface area contributed by atoms with Crippen molar-refractivity contribution in [3.63, 3.8) is 0 Å². The van der Waals surface area contributed by atoms with Gasteiger partial charge in [-0.2, -0.15) is 5.10 Å². The van der Waals surface area contributed by atoms with Gasteiger partial charge in [-0.05, 0) is 33.7 Å². The second-order valence-corrected chi connectivity index (χ2v) is 5.33. The summed E-state index contributed by atoms with van der Waals surface area (Å²) in [5.41, 5.74) is 0.900. The predicted molar refractivity (Wildman–Crippen MR) is 76.6 cm³/mol. The summed E-state index contributed by atoms with van der Waals surface area (Å²) in [6, 6.07) is 0.152. The molecule has 0 bridgehead atoms. The van der Waals surface area contributed by atoms with Crippen molar-refractivity contribution in [2.45, 2.75) is 51.8 Å². The lowest BCUT2D eigenvalue weighted by Gasteiger charge is -2.29. The first-order valence-corrected chi connectivity index (χ1v) is 6.81. The number of aromatic nitrogens is 2. The van der Waals surface area contributed by atoms with Gasteiger partial charge in [0.05, 0.1) is 30.6 Å². The first kappa shape index (κ1) is 16.0. The van der Waals surface area contributed by atoms with Crippen molar-refractivity contribution in [3.8, 4) is 5.75 Å². The Morgan fingerprint density at radius 2 is 2.11 bits per heavy atom. The van der Waals surface area contributed by atoms with Gasteiger partial charge in [-0.25, -0.2) is 0 Å². The van der Waals surface area contributed by atoms with Gasteiger partial charge in [-0.3, -0.25) is 4.68 Å². The van der Waals surface area contributed by atoms with E-state index in [1.807, 2.05) is 11.7 Å². The number of rotatable bonds is 8. The fourth-order valence-corrected chi connectivity index (χ4v) is 2.19. The van der Waals surface area contributed by atoms with E-state index in [0.717, 1.165) is 30.8 Å². The van der Waals surface area contributed by atoms with Crippen molar-refractivity contribution in [2.75, 3.05) is 21.3 Å². The van der Waals surface area contributed by atoms with Gasteiger partial charge < -0.3 is 14.8 Å². The third kappa shape index (κ3) is 3.94. The Bertz CT molecular complexity index is 388. The molecule has 5 nitrogen and oxygen atoms in total. The summed E-state index contributed by atoms with van der Waals surface area (Å²) >= 11 is 0. The van der Waals surface area contributed by atoms with E-state index in [1.54, 1.807) is 20.4 Å². The zero-order valence-electron chi connectivity index (χ0n) is 13.0. The molecule has 0 aromatic carbocycles. The van der Waals surface area contributed by atoms with E-state index in [4.69, 9.17) is 9.47 Å². The van der Waals surface area contributed by atoms with Gasteiger partial charge in [0, 0.05) is 13.7 Å². The fourth-order valence-electron chi connectivity index (χ4n) is 2.19. The van der Waals surface area contributed by atoms with Crippen molar-refractivity contribution >= 4 is 0 Å². The first-order chi connectivity index (χ1) is 8.99. The third-order valence-corrected chi connectivity index (χ3v) is 3.43. The third-order valence-electron chi connectivity index (χ3n) is 3.43. The standard InChI is InChI=1S/C14H27N3O2/c1-7-8-17-13(12(18-5)10-16-17)11(15-4)9-14(2,3)19-6/h10-11,15H,7-9H2,1-6H3. The molecule has 1 aromatic heterocycles. The zero-order valence-corrected chi connectivity index (χ0v) is 13.0. The molecular formula is C14H27N3O2. The molecule has 1 unspecified atom stereocenters. The zero-order chi connectivity index (χ0) is 14.5. The SMILES string of the molecule is CCCn1ncc(OC)c1C(CC(C)(C)OC)NC. The minimum atomic E-state index is -0.194. The van der Waals surface area contributed by atoms with Crippen LogP contribution in [0.25, 0.3) is 0 Å². The summed E-state index contributed by atoms with van der Waals surface area (Å²) in [4.78, 5) is 0. The monoisotopic (exact) mass is 269 g/mol. The Hall–Kier alpha value is -1.07. The molecule has 0 aliphatic rings. The number of nitrogens with one attached hydrogen (secondary N) is 1. The molecule has 0 saturated heterocycles. The summed E-state index contributed by atoms with van der Waals surface area (Å²) < 4.78 is 13.0. The van der Waals surface area contributed by atoms with Gasteiger partial charge in [0.2, 0.25) is 0 Å². The number of ether oxygens (including phenoxy) is 2. The van der Waals surface area contributed by atoms with Crippen LogP contribution in [0.1, 0.15) is 45.3 Å². The molecule has 0 fully saturated rings. The van der Waals surface area contributed by atoms with Crippen molar-refractivity contribution in [2.24, 2.45) is 0 Å². The van der Waals surface area contributed by atoms with Gasteiger partial charge >= 0.3 is 0 Å².